The number of carbonyl (C=O) groups is 1. The SMILES string of the molecule is CC(=O)c1ccc(F)c(-c2ccc3c(c2)CCN3C)c1. The van der Waals surface area contributed by atoms with E-state index in [1.54, 1.807) is 6.07 Å². The summed E-state index contributed by atoms with van der Waals surface area (Å²) >= 11 is 0. The Labute approximate surface area is 117 Å². The summed E-state index contributed by atoms with van der Waals surface area (Å²) in [4.78, 5) is 13.6. The number of carbonyl (C=O) groups excluding carboxylic acids is 1. The number of fused-ring (bicyclic) bond motifs is 1. The summed E-state index contributed by atoms with van der Waals surface area (Å²) in [7, 11) is 2.06. The van der Waals surface area contributed by atoms with Gasteiger partial charge in [0.1, 0.15) is 5.82 Å². The van der Waals surface area contributed by atoms with E-state index in [0.29, 0.717) is 11.1 Å². The van der Waals surface area contributed by atoms with E-state index < -0.39 is 0 Å². The molecule has 0 saturated carbocycles. The van der Waals surface area contributed by atoms with Gasteiger partial charge in [-0.05, 0) is 54.8 Å². The first-order valence-electron chi connectivity index (χ1n) is 6.71. The normalized spacial score (nSPS) is 13.4. The predicted molar refractivity (Wildman–Crippen MR) is 78.8 cm³/mol. The molecule has 0 aromatic heterocycles. The number of likely N-dealkylation sites (N-methyl/N-ethyl adjacent to an activating group) is 1. The maximum atomic E-state index is 14.0. The van der Waals surface area contributed by atoms with Gasteiger partial charge in [-0.25, -0.2) is 4.39 Å². The van der Waals surface area contributed by atoms with Gasteiger partial charge in [-0.1, -0.05) is 6.07 Å². The molecule has 0 N–H and O–H groups in total. The second-order valence-corrected chi connectivity index (χ2v) is 5.27. The fourth-order valence-corrected chi connectivity index (χ4v) is 2.70. The smallest absolute Gasteiger partial charge is 0.159 e. The Hall–Kier alpha value is -2.16. The zero-order chi connectivity index (χ0) is 14.3. The molecule has 1 aliphatic rings. The minimum atomic E-state index is -0.290. The molecule has 0 aliphatic carbocycles. The maximum absolute atomic E-state index is 14.0. The molecule has 0 radical (unpaired) electrons. The first-order chi connectivity index (χ1) is 9.56. The lowest BCUT2D eigenvalue weighted by molar-refractivity contribution is 0.101. The van der Waals surface area contributed by atoms with Gasteiger partial charge >= 0.3 is 0 Å². The summed E-state index contributed by atoms with van der Waals surface area (Å²) in [6.45, 7) is 2.49. The van der Waals surface area contributed by atoms with Gasteiger partial charge in [0.05, 0.1) is 0 Å². The number of hydrogen-bond donors (Lipinski definition) is 0. The fourth-order valence-electron chi connectivity index (χ4n) is 2.70. The molecule has 3 rings (SSSR count). The third-order valence-corrected chi connectivity index (χ3v) is 3.89. The van der Waals surface area contributed by atoms with Crippen molar-refractivity contribution in [2.45, 2.75) is 13.3 Å². The number of nitrogens with zero attached hydrogens (tertiary/aromatic N) is 1. The van der Waals surface area contributed by atoms with Gasteiger partial charge in [-0.2, -0.15) is 0 Å². The van der Waals surface area contributed by atoms with Crippen LogP contribution >= 0.6 is 0 Å². The first kappa shape index (κ1) is 12.9. The average molecular weight is 269 g/mol. The highest BCUT2D eigenvalue weighted by atomic mass is 19.1. The van der Waals surface area contributed by atoms with E-state index in [1.807, 2.05) is 18.2 Å². The van der Waals surface area contributed by atoms with Crippen molar-refractivity contribution in [3.8, 4) is 11.1 Å². The van der Waals surface area contributed by atoms with Crippen LogP contribution in [0.2, 0.25) is 0 Å². The molecule has 0 unspecified atom stereocenters. The monoisotopic (exact) mass is 269 g/mol. The third-order valence-electron chi connectivity index (χ3n) is 3.89. The standard InChI is InChI=1S/C17H16FNO/c1-11(20)12-3-5-16(18)15(10-12)13-4-6-17-14(9-13)7-8-19(17)2/h3-6,9-10H,7-8H2,1-2H3. The molecule has 1 aliphatic heterocycles. The zero-order valence-electron chi connectivity index (χ0n) is 11.6. The van der Waals surface area contributed by atoms with E-state index in [4.69, 9.17) is 0 Å². The van der Waals surface area contributed by atoms with Gasteiger partial charge in [-0.3, -0.25) is 4.79 Å². The van der Waals surface area contributed by atoms with Crippen molar-refractivity contribution in [1.82, 2.24) is 0 Å². The highest BCUT2D eigenvalue weighted by Crippen LogP contribution is 2.32. The van der Waals surface area contributed by atoms with Gasteiger partial charge in [0, 0.05) is 30.4 Å². The molecule has 102 valence electrons. The third kappa shape index (κ3) is 2.09. The topological polar surface area (TPSA) is 20.3 Å². The van der Waals surface area contributed by atoms with Crippen LogP contribution in [0.5, 0.6) is 0 Å². The van der Waals surface area contributed by atoms with Crippen molar-refractivity contribution in [3.63, 3.8) is 0 Å². The van der Waals surface area contributed by atoms with Crippen LogP contribution in [0.1, 0.15) is 22.8 Å². The molecule has 0 spiro atoms. The molecule has 3 heteroatoms. The second kappa shape index (κ2) is 4.75. The maximum Gasteiger partial charge on any atom is 0.159 e. The van der Waals surface area contributed by atoms with Crippen LogP contribution in [-0.4, -0.2) is 19.4 Å². The van der Waals surface area contributed by atoms with E-state index in [-0.39, 0.29) is 11.6 Å². The van der Waals surface area contributed by atoms with E-state index in [2.05, 4.69) is 11.9 Å². The summed E-state index contributed by atoms with van der Waals surface area (Å²) in [5, 5.41) is 0. The highest BCUT2D eigenvalue weighted by Gasteiger charge is 2.17. The molecule has 0 saturated heterocycles. The number of anilines is 1. The summed E-state index contributed by atoms with van der Waals surface area (Å²) in [6, 6.07) is 10.5. The molecule has 1 heterocycles. The molecular weight excluding hydrogens is 253 g/mol. The van der Waals surface area contributed by atoms with Crippen LogP contribution < -0.4 is 4.90 Å². The molecule has 20 heavy (non-hydrogen) atoms. The van der Waals surface area contributed by atoms with Crippen LogP contribution in [0.25, 0.3) is 11.1 Å². The molecule has 0 amide bonds. The van der Waals surface area contributed by atoms with E-state index in [0.717, 1.165) is 18.5 Å². The largest absolute Gasteiger partial charge is 0.374 e. The van der Waals surface area contributed by atoms with Crippen molar-refractivity contribution < 1.29 is 9.18 Å². The van der Waals surface area contributed by atoms with Crippen LogP contribution in [0.15, 0.2) is 36.4 Å². The lowest BCUT2D eigenvalue weighted by Crippen LogP contribution is -2.12. The number of ketones is 1. The summed E-state index contributed by atoms with van der Waals surface area (Å²) < 4.78 is 14.0. The second-order valence-electron chi connectivity index (χ2n) is 5.27. The Morgan fingerprint density at radius 1 is 1.20 bits per heavy atom. The Morgan fingerprint density at radius 2 is 2.00 bits per heavy atom. The number of Topliss-reactive ketones (excluding diaryl/α,β-unsaturated/α-hetero) is 1. The average Bonchev–Trinajstić information content (AvgIpc) is 2.80. The van der Waals surface area contributed by atoms with Crippen LogP contribution in [0, 0.1) is 5.82 Å². The summed E-state index contributed by atoms with van der Waals surface area (Å²) in [5.41, 5.74) is 4.31. The molecule has 2 nitrogen and oxygen atoms in total. The Balaban J connectivity index is 2.09. The van der Waals surface area contributed by atoms with Crippen molar-refractivity contribution in [1.29, 1.82) is 0 Å². The van der Waals surface area contributed by atoms with Gasteiger partial charge < -0.3 is 4.90 Å². The van der Waals surface area contributed by atoms with Crippen LogP contribution in [-0.2, 0) is 6.42 Å². The van der Waals surface area contributed by atoms with E-state index in [1.165, 1.54) is 30.3 Å². The van der Waals surface area contributed by atoms with Crippen molar-refractivity contribution in [2.75, 3.05) is 18.5 Å². The van der Waals surface area contributed by atoms with Crippen LogP contribution in [0.3, 0.4) is 0 Å². The number of rotatable bonds is 2. The van der Waals surface area contributed by atoms with Gasteiger partial charge in [-0.15, -0.1) is 0 Å². The minimum absolute atomic E-state index is 0.0489. The highest BCUT2D eigenvalue weighted by molar-refractivity contribution is 5.95. The minimum Gasteiger partial charge on any atom is -0.374 e. The number of halogens is 1. The zero-order valence-corrected chi connectivity index (χ0v) is 11.6. The Morgan fingerprint density at radius 3 is 2.75 bits per heavy atom. The van der Waals surface area contributed by atoms with E-state index >= 15 is 0 Å². The molecule has 0 bridgehead atoms. The number of benzene rings is 2. The molecule has 2 aromatic carbocycles. The molecule has 0 atom stereocenters. The first-order valence-corrected chi connectivity index (χ1v) is 6.71. The van der Waals surface area contributed by atoms with Gasteiger partial charge in [0.2, 0.25) is 0 Å². The summed E-state index contributed by atoms with van der Waals surface area (Å²) in [5.74, 6) is -0.339. The van der Waals surface area contributed by atoms with Gasteiger partial charge in [0.25, 0.3) is 0 Å². The number of hydrogen-bond acceptors (Lipinski definition) is 2. The van der Waals surface area contributed by atoms with Gasteiger partial charge in [0.15, 0.2) is 5.78 Å². The summed E-state index contributed by atoms with van der Waals surface area (Å²) in [6.07, 6.45) is 0.980. The fraction of sp³-hybridized carbons (Fsp3) is 0.235. The molecule has 2 aromatic rings. The van der Waals surface area contributed by atoms with E-state index in [9.17, 15) is 9.18 Å². The lowest BCUT2D eigenvalue weighted by Gasteiger charge is -2.12. The molecular formula is C17H16FNO. The van der Waals surface area contributed by atoms with Crippen molar-refractivity contribution in [2.24, 2.45) is 0 Å². The quantitative estimate of drug-likeness (QED) is 0.775. The Bertz CT molecular complexity index is 693. The van der Waals surface area contributed by atoms with Crippen molar-refractivity contribution >= 4 is 11.5 Å². The lowest BCUT2D eigenvalue weighted by atomic mass is 9.98. The predicted octanol–water partition coefficient (Wildman–Crippen LogP) is 3.69. The Kier molecular flexibility index (Phi) is 3.05. The van der Waals surface area contributed by atoms with Crippen LogP contribution in [0.4, 0.5) is 10.1 Å². The van der Waals surface area contributed by atoms with Crippen molar-refractivity contribution in [3.05, 3.63) is 53.3 Å². The molecule has 0 fully saturated rings.